The number of hydrogen-bond donors (Lipinski definition) is 2. The van der Waals surface area contributed by atoms with Crippen LogP contribution in [-0.2, 0) is 13.0 Å². The molecule has 1 aliphatic rings. The topological polar surface area (TPSA) is 62.4 Å². The van der Waals surface area contributed by atoms with E-state index >= 15 is 0 Å². The van der Waals surface area contributed by atoms with Crippen LogP contribution in [0.4, 0.5) is 11.6 Å². The maximum absolute atomic E-state index is 6.28. The first-order chi connectivity index (χ1) is 13.0. The van der Waals surface area contributed by atoms with Gasteiger partial charge in [0, 0.05) is 0 Å². The quantitative estimate of drug-likeness (QED) is 0.266. The normalized spacial score (nSPS) is 17.0. The number of alkyl halides is 2. The number of rotatable bonds is 9. The van der Waals surface area contributed by atoms with Crippen LogP contribution in [0.25, 0.3) is 11.0 Å². The van der Waals surface area contributed by atoms with Crippen molar-refractivity contribution < 1.29 is 21.2 Å². The van der Waals surface area contributed by atoms with Gasteiger partial charge in [0.15, 0.2) is 0 Å². The van der Waals surface area contributed by atoms with Crippen molar-refractivity contribution in [1.29, 1.82) is 0 Å². The number of nitrogens with zero attached hydrogens (tertiary/aromatic N) is 4. The van der Waals surface area contributed by atoms with Gasteiger partial charge < -0.3 is 4.90 Å². The number of halogens is 1. The Bertz CT molecular complexity index is 757. The molecule has 0 saturated heterocycles. The second-order valence-corrected chi connectivity index (χ2v) is 10.5. The second kappa shape index (κ2) is 9.43. The molecule has 1 aliphatic heterocycles. The molecule has 2 heterocycles. The van der Waals surface area contributed by atoms with E-state index in [4.69, 9.17) is 5.73 Å². The van der Waals surface area contributed by atoms with E-state index in [0.717, 1.165) is 44.7 Å². The molecule has 1 atom stereocenters. The number of nitrogens with one attached hydrogen (secondary N) is 1. The fourth-order valence-corrected chi connectivity index (χ4v) is 5.01. The van der Waals surface area contributed by atoms with Crippen LogP contribution >= 0.6 is 0 Å². The third-order valence-corrected chi connectivity index (χ3v) is 7.16. The molecule has 0 aliphatic carbocycles. The van der Waals surface area contributed by atoms with Crippen LogP contribution in [0.5, 0.6) is 0 Å². The SMILES string of the molecule is C[I-]CCCn1c(N)nc2ccc3c(c21)CC(CN(C)CCN(C)C)CN3. The predicted molar refractivity (Wildman–Crippen MR) is 111 cm³/mol. The van der Waals surface area contributed by atoms with E-state index < -0.39 is 0 Å². The Balaban J connectivity index is 1.79. The molecule has 7 heteroatoms. The maximum atomic E-state index is 6.28. The van der Waals surface area contributed by atoms with Crippen LogP contribution in [0, 0.1) is 5.92 Å². The van der Waals surface area contributed by atoms with Crippen molar-refractivity contribution in [2.75, 3.05) is 67.7 Å². The van der Waals surface area contributed by atoms with Gasteiger partial charge in [0.05, 0.1) is 0 Å². The number of hydrogen-bond acceptors (Lipinski definition) is 5. The summed E-state index contributed by atoms with van der Waals surface area (Å²) in [6, 6.07) is 4.29. The zero-order valence-corrected chi connectivity index (χ0v) is 19.3. The summed E-state index contributed by atoms with van der Waals surface area (Å²) in [5.41, 5.74) is 11.2. The van der Waals surface area contributed by atoms with Crippen LogP contribution in [0.3, 0.4) is 0 Å². The Kier molecular flexibility index (Phi) is 7.22. The van der Waals surface area contributed by atoms with Gasteiger partial charge in [-0.1, -0.05) is 0 Å². The fraction of sp³-hybridized carbons (Fsp3) is 0.650. The van der Waals surface area contributed by atoms with Crippen molar-refractivity contribution in [3.63, 3.8) is 0 Å². The van der Waals surface area contributed by atoms with E-state index in [1.807, 2.05) is 0 Å². The molecule has 0 spiro atoms. The van der Waals surface area contributed by atoms with Crippen molar-refractivity contribution >= 4 is 22.7 Å². The zero-order chi connectivity index (χ0) is 19.4. The zero-order valence-electron chi connectivity index (χ0n) is 17.1. The molecule has 0 radical (unpaired) electrons. The molecular weight excluding hydrogens is 451 g/mol. The molecule has 3 rings (SSSR count). The minimum absolute atomic E-state index is 0.337. The molecule has 27 heavy (non-hydrogen) atoms. The Hall–Kier alpha value is -1.06. The molecule has 152 valence electrons. The van der Waals surface area contributed by atoms with Gasteiger partial charge in [-0.2, -0.15) is 0 Å². The van der Waals surface area contributed by atoms with Gasteiger partial charge in [-0.15, -0.1) is 0 Å². The Morgan fingerprint density at radius 2 is 2.11 bits per heavy atom. The van der Waals surface area contributed by atoms with Crippen molar-refractivity contribution in [3.05, 3.63) is 17.7 Å². The van der Waals surface area contributed by atoms with E-state index in [9.17, 15) is 0 Å². The summed E-state index contributed by atoms with van der Waals surface area (Å²) in [7, 11) is 6.50. The van der Waals surface area contributed by atoms with E-state index in [1.54, 1.807) is 0 Å². The van der Waals surface area contributed by atoms with Crippen molar-refractivity contribution in [2.24, 2.45) is 5.92 Å². The van der Waals surface area contributed by atoms with Crippen molar-refractivity contribution in [3.8, 4) is 0 Å². The average molecular weight is 485 g/mol. The van der Waals surface area contributed by atoms with Crippen LogP contribution in [0.2, 0.25) is 0 Å². The van der Waals surface area contributed by atoms with Crippen LogP contribution in [-0.4, -0.2) is 76.0 Å². The first-order valence-electron chi connectivity index (χ1n) is 9.78. The minimum atomic E-state index is 0.337. The van der Waals surface area contributed by atoms with Crippen molar-refractivity contribution in [1.82, 2.24) is 19.4 Å². The third-order valence-electron chi connectivity index (χ3n) is 5.32. The summed E-state index contributed by atoms with van der Waals surface area (Å²) >= 11 is 0.337. The summed E-state index contributed by atoms with van der Waals surface area (Å²) < 4.78 is 3.60. The van der Waals surface area contributed by atoms with Gasteiger partial charge in [-0.3, -0.25) is 0 Å². The monoisotopic (exact) mass is 485 g/mol. The van der Waals surface area contributed by atoms with Gasteiger partial charge >= 0.3 is 155 Å². The van der Waals surface area contributed by atoms with E-state index in [1.165, 1.54) is 27.6 Å². The van der Waals surface area contributed by atoms with Gasteiger partial charge in [-0.05, 0) is 14.1 Å². The summed E-state index contributed by atoms with van der Waals surface area (Å²) in [5, 5.41) is 3.67. The summed E-state index contributed by atoms with van der Waals surface area (Å²) in [6.45, 7) is 5.33. The second-order valence-electron chi connectivity index (χ2n) is 7.91. The molecule has 0 bridgehead atoms. The van der Waals surface area contributed by atoms with Gasteiger partial charge in [-0.25, -0.2) is 0 Å². The van der Waals surface area contributed by atoms with Gasteiger partial charge in [0.2, 0.25) is 0 Å². The summed E-state index contributed by atoms with van der Waals surface area (Å²) in [4.78, 5) is 11.7. The number of nitrogen functional groups attached to an aromatic ring is 1. The summed E-state index contributed by atoms with van der Waals surface area (Å²) in [5.74, 6) is 1.28. The number of aryl methyl sites for hydroxylation is 1. The number of aromatic nitrogens is 2. The Morgan fingerprint density at radius 1 is 1.30 bits per heavy atom. The molecule has 0 amide bonds. The molecule has 6 nitrogen and oxygen atoms in total. The Labute approximate surface area is 173 Å². The van der Waals surface area contributed by atoms with Gasteiger partial charge in [0.25, 0.3) is 0 Å². The molecule has 0 saturated carbocycles. The number of likely N-dealkylation sites (N-methyl/N-ethyl adjacent to an activating group) is 2. The molecule has 1 unspecified atom stereocenters. The van der Waals surface area contributed by atoms with Crippen LogP contribution in [0.15, 0.2) is 12.1 Å². The molecule has 2 aromatic rings. The molecule has 1 aromatic heterocycles. The number of benzene rings is 1. The Morgan fingerprint density at radius 3 is 2.85 bits per heavy atom. The molecule has 1 aromatic carbocycles. The van der Waals surface area contributed by atoms with E-state index in [0.29, 0.717) is 33.1 Å². The number of fused-ring (bicyclic) bond motifs is 3. The van der Waals surface area contributed by atoms with Crippen LogP contribution < -0.4 is 32.3 Å². The third kappa shape index (κ3) is 5.06. The summed E-state index contributed by atoms with van der Waals surface area (Å²) in [6.07, 6.45) is 2.30. The van der Waals surface area contributed by atoms with E-state index in [-0.39, 0.29) is 0 Å². The predicted octanol–water partition coefficient (Wildman–Crippen LogP) is -1.19. The van der Waals surface area contributed by atoms with Crippen LogP contribution in [0.1, 0.15) is 12.0 Å². The molecule has 0 fully saturated rings. The fourth-order valence-electron chi connectivity index (χ4n) is 3.91. The molecular formula is C20H34IN6-. The first kappa shape index (κ1) is 20.7. The number of anilines is 2. The standard InChI is InChI=1S/C20H34IN6/c1-21-8-5-9-27-19-16-12-15(14-26(4)11-10-25(2)3)13-23-17(16)6-7-18(19)24-20(27)22/h6-7,15,23H,5,8-14H2,1-4H3,(H2,22,24)/q-1. The number of imidazole rings is 1. The molecule has 3 N–H and O–H groups in total. The first-order valence-corrected chi connectivity index (χ1v) is 13.5. The van der Waals surface area contributed by atoms with Gasteiger partial charge in [0.1, 0.15) is 0 Å². The average Bonchev–Trinajstić information content (AvgIpc) is 2.96. The number of nitrogens with two attached hydrogens (primary N) is 1. The van der Waals surface area contributed by atoms with E-state index in [2.05, 4.69) is 62.9 Å². The van der Waals surface area contributed by atoms with Crippen molar-refractivity contribution in [2.45, 2.75) is 19.4 Å².